The Bertz CT molecular complexity index is 923. The summed E-state index contributed by atoms with van der Waals surface area (Å²) in [6, 6.07) is 17.6. The van der Waals surface area contributed by atoms with Crippen LogP contribution in [0.2, 0.25) is 0 Å². The van der Waals surface area contributed by atoms with Crippen LogP contribution in [-0.4, -0.2) is 15.9 Å². The molecule has 0 spiro atoms. The maximum absolute atomic E-state index is 12.5. The van der Waals surface area contributed by atoms with Gasteiger partial charge in [-0.05, 0) is 43.5 Å². The predicted molar refractivity (Wildman–Crippen MR) is 104 cm³/mol. The van der Waals surface area contributed by atoms with Gasteiger partial charge < -0.3 is 10.6 Å². The third-order valence-electron chi connectivity index (χ3n) is 4.02. The van der Waals surface area contributed by atoms with E-state index in [4.69, 9.17) is 0 Å². The molecular weight excluding hydrogens is 324 g/mol. The zero-order valence-corrected chi connectivity index (χ0v) is 15.2. The molecule has 3 rings (SSSR count). The Balaban J connectivity index is 1.76. The van der Waals surface area contributed by atoms with E-state index in [1.165, 1.54) is 0 Å². The molecule has 5 nitrogen and oxygen atoms in total. The van der Waals surface area contributed by atoms with Crippen LogP contribution in [0.4, 0.5) is 11.5 Å². The molecule has 1 amide bonds. The van der Waals surface area contributed by atoms with Crippen LogP contribution in [-0.2, 0) is 6.54 Å². The molecular formula is C21H22N4O. The van der Waals surface area contributed by atoms with Gasteiger partial charge in [-0.15, -0.1) is 0 Å². The molecule has 0 unspecified atom stereocenters. The summed E-state index contributed by atoms with van der Waals surface area (Å²) < 4.78 is 0. The average Bonchev–Trinajstić information content (AvgIpc) is 2.63. The number of carbonyl (C=O) groups is 1. The summed E-state index contributed by atoms with van der Waals surface area (Å²) in [5.41, 5.74) is 4.63. The molecule has 3 aromatic rings. The highest BCUT2D eigenvalue weighted by Crippen LogP contribution is 2.21. The van der Waals surface area contributed by atoms with Crippen LogP contribution in [0, 0.1) is 20.8 Å². The van der Waals surface area contributed by atoms with Gasteiger partial charge in [-0.25, -0.2) is 9.97 Å². The number of hydrogen-bond acceptors (Lipinski definition) is 4. The lowest BCUT2D eigenvalue weighted by atomic mass is 10.1. The fourth-order valence-electron chi connectivity index (χ4n) is 2.63. The number of aryl methyl sites for hydroxylation is 3. The van der Waals surface area contributed by atoms with Crippen molar-refractivity contribution in [1.29, 1.82) is 0 Å². The number of carbonyl (C=O) groups excluding carboxylic acids is 1. The number of amides is 1. The number of rotatable bonds is 5. The minimum absolute atomic E-state index is 0.219. The zero-order valence-electron chi connectivity index (χ0n) is 15.2. The summed E-state index contributed by atoms with van der Waals surface area (Å²) in [5, 5.41) is 6.19. The smallest absolute Gasteiger partial charge is 0.270 e. The first-order valence-corrected chi connectivity index (χ1v) is 8.53. The Labute approximate surface area is 153 Å². The molecule has 1 heterocycles. The van der Waals surface area contributed by atoms with Gasteiger partial charge in [0.15, 0.2) is 0 Å². The monoisotopic (exact) mass is 346 g/mol. The topological polar surface area (TPSA) is 66.9 Å². The molecule has 0 atom stereocenters. The van der Waals surface area contributed by atoms with Crippen LogP contribution in [0.3, 0.4) is 0 Å². The summed E-state index contributed by atoms with van der Waals surface area (Å²) in [6.07, 6.45) is 0. The molecule has 0 aliphatic heterocycles. The third kappa shape index (κ3) is 4.45. The van der Waals surface area contributed by atoms with Gasteiger partial charge in [-0.1, -0.05) is 42.5 Å². The fourth-order valence-corrected chi connectivity index (χ4v) is 2.63. The van der Waals surface area contributed by atoms with E-state index in [0.717, 1.165) is 22.4 Å². The Morgan fingerprint density at radius 2 is 1.73 bits per heavy atom. The molecule has 1 aromatic heterocycles. The zero-order chi connectivity index (χ0) is 18.5. The SMILES string of the molecule is Cc1ccc(C)c(Nc2cc(C(=O)NCc3ccccc3)nc(C)n2)c1. The maximum Gasteiger partial charge on any atom is 0.270 e. The Hall–Kier alpha value is -3.21. The van der Waals surface area contributed by atoms with E-state index in [0.29, 0.717) is 23.9 Å². The number of nitrogens with zero attached hydrogens (tertiary/aromatic N) is 2. The van der Waals surface area contributed by atoms with Gasteiger partial charge in [0.05, 0.1) is 0 Å². The third-order valence-corrected chi connectivity index (χ3v) is 4.02. The van der Waals surface area contributed by atoms with Crippen molar-refractivity contribution in [2.75, 3.05) is 5.32 Å². The maximum atomic E-state index is 12.5. The highest BCUT2D eigenvalue weighted by molar-refractivity contribution is 5.93. The van der Waals surface area contributed by atoms with Crippen LogP contribution in [0.25, 0.3) is 0 Å². The molecule has 0 radical (unpaired) electrons. The molecule has 0 aliphatic carbocycles. The van der Waals surface area contributed by atoms with E-state index in [1.54, 1.807) is 13.0 Å². The van der Waals surface area contributed by atoms with E-state index in [1.807, 2.05) is 44.2 Å². The summed E-state index contributed by atoms with van der Waals surface area (Å²) >= 11 is 0. The normalized spacial score (nSPS) is 10.4. The van der Waals surface area contributed by atoms with Gasteiger partial charge >= 0.3 is 0 Å². The van der Waals surface area contributed by atoms with Crippen molar-refractivity contribution in [2.24, 2.45) is 0 Å². The van der Waals surface area contributed by atoms with E-state index >= 15 is 0 Å². The highest BCUT2D eigenvalue weighted by atomic mass is 16.1. The van der Waals surface area contributed by atoms with Crippen LogP contribution in [0.15, 0.2) is 54.6 Å². The summed E-state index contributed by atoms with van der Waals surface area (Å²) in [6.45, 7) is 6.31. The Morgan fingerprint density at radius 1 is 0.962 bits per heavy atom. The van der Waals surface area contributed by atoms with Crippen molar-refractivity contribution in [1.82, 2.24) is 15.3 Å². The van der Waals surface area contributed by atoms with Gasteiger partial charge in [0.25, 0.3) is 5.91 Å². The second-order valence-corrected chi connectivity index (χ2v) is 6.30. The number of benzene rings is 2. The van der Waals surface area contributed by atoms with Gasteiger partial charge in [0.2, 0.25) is 0 Å². The lowest BCUT2D eigenvalue weighted by Crippen LogP contribution is -2.24. The van der Waals surface area contributed by atoms with Gasteiger partial charge in [0.1, 0.15) is 17.3 Å². The second kappa shape index (κ2) is 7.78. The minimum Gasteiger partial charge on any atom is -0.347 e. The minimum atomic E-state index is -0.219. The summed E-state index contributed by atoms with van der Waals surface area (Å²) in [7, 11) is 0. The molecule has 5 heteroatoms. The average molecular weight is 346 g/mol. The van der Waals surface area contributed by atoms with Crippen LogP contribution >= 0.6 is 0 Å². The number of nitrogens with one attached hydrogen (secondary N) is 2. The van der Waals surface area contributed by atoms with Crippen LogP contribution in [0.1, 0.15) is 33.0 Å². The van der Waals surface area contributed by atoms with Crippen LogP contribution in [0.5, 0.6) is 0 Å². The second-order valence-electron chi connectivity index (χ2n) is 6.30. The van der Waals surface area contributed by atoms with Crippen molar-refractivity contribution < 1.29 is 4.79 Å². The van der Waals surface area contributed by atoms with Crippen molar-refractivity contribution >= 4 is 17.4 Å². The van der Waals surface area contributed by atoms with E-state index in [2.05, 4.69) is 38.8 Å². The largest absolute Gasteiger partial charge is 0.347 e. The number of aromatic nitrogens is 2. The molecule has 132 valence electrons. The lowest BCUT2D eigenvalue weighted by Gasteiger charge is -2.12. The predicted octanol–water partition coefficient (Wildman–Crippen LogP) is 4.08. The van der Waals surface area contributed by atoms with Gasteiger partial charge in [0, 0.05) is 18.3 Å². The molecule has 2 N–H and O–H groups in total. The summed E-state index contributed by atoms with van der Waals surface area (Å²) in [5.74, 6) is 0.935. The molecule has 2 aromatic carbocycles. The Kier molecular flexibility index (Phi) is 5.27. The molecule has 0 fully saturated rings. The quantitative estimate of drug-likeness (QED) is 0.731. The summed E-state index contributed by atoms with van der Waals surface area (Å²) in [4.78, 5) is 21.1. The van der Waals surface area contributed by atoms with Gasteiger partial charge in [-0.2, -0.15) is 0 Å². The van der Waals surface area contributed by atoms with E-state index < -0.39 is 0 Å². The number of anilines is 2. The highest BCUT2D eigenvalue weighted by Gasteiger charge is 2.11. The lowest BCUT2D eigenvalue weighted by molar-refractivity contribution is 0.0945. The first-order chi connectivity index (χ1) is 12.5. The first kappa shape index (κ1) is 17.6. The Morgan fingerprint density at radius 3 is 2.50 bits per heavy atom. The molecule has 0 aliphatic rings. The molecule has 0 saturated heterocycles. The van der Waals surface area contributed by atoms with E-state index in [-0.39, 0.29) is 5.91 Å². The first-order valence-electron chi connectivity index (χ1n) is 8.53. The van der Waals surface area contributed by atoms with Crippen molar-refractivity contribution in [3.63, 3.8) is 0 Å². The van der Waals surface area contributed by atoms with E-state index in [9.17, 15) is 4.79 Å². The molecule has 26 heavy (non-hydrogen) atoms. The van der Waals surface area contributed by atoms with Crippen molar-refractivity contribution in [2.45, 2.75) is 27.3 Å². The van der Waals surface area contributed by atoms with Crippen molar-refractivity contribution in [3.05, 3.63) is 82.8 Å². The fraction of sp³-hybridized carbons (Fsp3) is 0.190. The van der Waals surface area contributed by atoms with Gasteiger partial charge in [-0.3, -0.25) is 4.79 Å². The van der Waals surface area contributed by atoms with Crippen LogP contribution < -0.4 is 10.6 Å². The molecule has 0 bridgehead atoms. The van der Waals surface area contributed by atoms with Crippen molar-refractivity contribution in [3.8, 4) is 0 Å². The standard InChI is InChI=1S/C21H22N4O/c1-14-9-10-15(2)18(11-14)25-20-12-19(23-16(3)24-20)21(26)22-13-17-7-5-4-6-8-17/h4-12H,13H2,1-3H3,(H,22,26)(H,23,24,25). The molecule has 0 saturated carbocycles. The number of hydrogen-bond donors (Lipinski definition) is 2.